The normalized spacial score (nSPS) is 24.0. The van der Waals surface area contributed by atoms with Crippen LogP contribution in [0.4, 0.5) is 5.69 Å². The summed E-state index contributed by atoms with van der Waals surface area (Å²) in [5.74, 6) is 0. The molecule has 1 aliphatic heterocycles. The summed E-state index contributed by atoms with van der Waals surface area (Å²) in [5, 5.41) is 3.61. The van der Waals surface area contributed by atoms with Crippen molar-refractivity contribution in [1.82, 2.24) is 0 Å². The molecule has 1 fully saturated rings. The minimum atomic E-state index is 0.393. The van der Waals surface area contributed by atoms with Gasteiger partial charge in [0.2, 0.25) is 0 Å². The molecule has 0 spiro atoms. The maximum absolute atomic E-state index is 5.70. The first-order valence-electron chi connectivity index (χ1n) is 6.12. The predicted molar refractivity (Wildman–Crippen MR) is 86.2 cm³/mol. The number of hydrogen-bond donors (Lipinski definition) is 1. The summed E-state index contributed by atoms with van der Waals surface area (Å²) in [7, 11) is 0. The van der Waals surface area contributed by atoms with Gasteiger partial charge in [0.15, 0.2) is 0 Å². The fourth-order valence-electron chi connectivity index (χ4n) is 2.18. The molecule has 100 valence electrons. The van der Waals surface area contributed by atoms with Crippen LogP contribution in [-0.4, -0.2) is 18.8 Å². The number of benzene rings is 1. The lowest BCUT2D eigenvalue weighted by molar-refractivity contribution is 0.00924. The number of anilines is 1. The predicted octanol–water partition coefficient (Wildman–Crippen LogP) is 5.34. The van der Waals surface area contributed by atoms with Gasteiger partial charge in [-0.05, 0) is 63.3 Å². The lowest BCUT2D eigenvalue weighted by Crippen LogP contribution is -2.33. The summed E-state index contributed by atoms with van der Waals surface area (Å²) in [5.41, 5.74) is 1.12. The summed E-state index contributed by atoms with van der Waals surface area (Å²) in [4.78, 5) is 0. The monoisotopic (exact) mass is 439 g/mol. The van der Waals surface area contributed by atoms with E-state index in [-0.39, 0.29) is 0 Å². The van der Waals surface area contributed by atoms with Crippen molar-refractivity contribution in [2.75, 3.05) is 11.9 Å². The highest BCUT2D eigenvalue weighted by Gasteiger charge is 2.22. The fourth-order valence-corrected chi connectivity index (χ4v) is 4.67. The third kappa shape index (κ3) is 3.71. The fraction of sp³-hybridized carbons (Fsp3) is 0.538. The summed E-state index contributed by atoms with van der Waals surface area (Å²) in [6.45, 7) is 3.03. The molecular formula is C13H16Br3NO. The Kier molecular flexibility index (Phi) is 5.54. The molecule has 1 aromatic rings. The van der Waals surface area contributed by atoms with Crippen LogP contribution in [0.3, 0.4) is 0 Å². The van der Waals surface area contributed by atoms with E-state index in [2.05, 4.69) is 72.2 Å². The highest BCUT2D eigenvalue weighted by molar-refractivity contribution is 9.11. The van der Waals surface area contributed by atoms with E-state index in [1.165, 1.54) is 0 Å². The maximum Gasteiger partial charge on any atom is 0.0631 e. The summed E-state index contributed by atoms with van der Waals surface area (Å²) in [6.07, 6.45) is 3.61. The molecule has 1 saturated heterocycles. The van der Waals surface area contributed by atoms with E-state index in [0.29, 0.717) is 12.1 Å². The molecule has 2 atom stereocenters. The van der Waals surface area contributed by atoms with E-state index in [1.54, 1.807) is 0 Å². The molecular weight excluding hydrogens is 426 g/mol. The van der Waals surface area contributed by atoms with Crippen LogP contribution in [0.5, 0.6) is 0 Å². The Balaban J connectivity index is 2.09. The Hall–Kier alpha value is 0.420. The van der Waals surface area contributed by atoms with Crippen LogP contribution < -0.4 is 5.32 Å². The van der Waals surface area contributed by atoms with E-state index in [1.807, 2.05) is 0 Å². The minimum absolute atomic E-state index is 0.393. The van der Waals surface area contributed by atoms with Crippen LogP contribution in [-0.2, 0) is 4.74 Å². The molecule has 0 bridgehead atoms. The van der Waals surface area contributed by atoms with Crippen molar-refractivity contribution in [3.8, 4) is 0 Å². The van der Waals surface area contributed by atoms with Crippen LogP contribution in [0.15, 0.2) is 25.6 Å². The van der Waals surface area contributed by atoms with Gasteiger partial charge in [-0.2, -0.15) is 0 Å². The highest BCUT2D eigenvalue weighted by atomic mass is 79.9. The lowest BCUT2D eigenvalue weighted by atomic mass is 10.0. The molecule has 2 nitrogen and oxygen atoms in total. The maximum atomic E-state index is 5.70. The van der Waals surface area contributed by atoms with Crippen molar-refractivity contribution in [2.45, 2.75) is 38.3 Å². The second-order valence-electron chi connectivity index (χ2n) is 4.51. The number of nitrogens with one attached hydrogen (secondary N) is 1. The van der Waals surface area contributed by atoms with Crippen molar-refractivity contribution in [3.63, 3.8) is 0 Å². The molecule has 1 aliphatic rings. The summed E-state index contributed by atoms with van der Waals surface area (Å²) < 4.78 is 8.91. The first kappa shape index (κ1) is 14.8. The van der Waals surface area contributed by atoms with Gasteiger partial charge in [0, 0.05) is 26.1 Å². The van der Waals surface area contributed by atoms with Crippen molar-refractivity contribution >= 4 is 53.5 Å². The summed E-state index contributed by atoms with van der Waals surface area (Å²) >= 11 is 10.7. The zero-order valence-electron chi connectivity index (χ0n) is 10.2. The van der Waals surface area contributed by atoms with Gasteiger partial charge in [-0.1, -0.05) is 22.9 Å². The van der Waals surface area contributed by atoms with E-state index >= 15 is 0 Å². The second-order valence-corrected chi connectivity index (χ2v) is 7.14. The van der Waals surface area contributed by atoms with Crippen molar-refractivity contribution in [1.29, 1.82) is 0 Å². The molecule has 0 aliphatic carbocycles. The molecule has 0 aromatic heterocycles. The summed E-state index contributed by atoms with van der Waals surface area (Å²) in [6, 6.07) is 4.60. The molecule has 5 heteroatoms. The number of rotatable bonds is 3. The Labute approximate surface area is 133 Å². The highest BCUT2D eigenvalue weighted by Crippen LogP contribution is 2.35. The van der Waals surface area contributed by atoms with E-state index in [0.717, 1.165) is 45.0 Å². The molecule has 18 heavy (non-hydrogen) atoms. The van der Waals surface area contributed by atoms with E-state index < -0.39 is 0 Å². The molecule has 2 unspecified atom stereocenters. The molecule has 1 N–H and O–H groups in total. The third-order valence-electron chi connectivity index (χ3n) is 3.18. The largest absolute Gasteiger partial charge is 0.380 e. The third-order valence-corrected chi connectivity index (χ3v) is 4.89. The van der Waals surface area contributed by atoms with Crippen molar-refractivity contribution in [2.24, 2.45) is 0 Å². The SMILES string of the molecule is CCC1CC(Nc2c(Br)cc(Br)cc2Br)CCO1. The first-order valence-corrected chi connectivity index (χ1v) is 8.50. The topological polar surface area (TPSA) is 21.3 Å². The molecule has 2 rings (SSSR count). The van der Waals surface area contributed by atoms with Gasteiger partial charge in [-0.15, -0.1) is 0 Å². The Morgan fingerprint density at radius 2 is 1.94 bits per heavy atom. The standard InChI is InChI=1S/C13H16Br3NO/c1-2-10-7-9(3-4-18-10)17-13-11(15)5-8(14)6-12(13)16/h5-6,9-10,17H,2-4,7H2,1H3. The van der Waals surface area contributed by atoms with Gasteiger partial charge in [-0.25, -0.2) is 0 Å². The van der Waals surface area contributed by atoms with Crippen molar-refractivity contribution in [3.05, 3.63) is 25.6 Å². The average molecular weight is 442 g/mol. The zero-order chi connectivity index (χ0) is 13.1. The number of halogens is 3. The van der Waals surface area contributed by atoms with Crippen LogP contribution in [0.25, 0.3) is 0 Å². The average Bonchev–Trinajstić information content (AvgIpc) is 2.34. The van der Waals surface area contributed by atoms with Crippen LogP contribution in [0.2, 0.25) is 0 Å². The van der Waals surface area contributed by atoms with Gasteiger partial charge in [-0.3, -0.25) is 0 Å². The van der Waals surface area contributed by atoms with Crippen molar-refractivity contribution < 1.29 is 4.74 Å². The Morgan fingerprint density at radius 3 is 2.56 bits per heavy atom. The van der Waals surface area contributed by atoms with Gasteiger partial charge >= 0.3 is 0 Å². The van der Waals surface area contributed by atoms with Gasteiger partial charge in [0.25, 0.3) is 0 Å². The molecule has 0 saturated carbocycles. The number of hydrogen-bond acceptors (Lipinski definition) is 2. The molecule has 0 amide bonds. The second kappa shape index (κ2) is 6.73. The van der Waals surface area contributed by atoms with Crippen LogP contribution >= 0.6 is 47.8 Å². The van der Waals surface area contributed by atoms with Gasteiger partial charge in [0.1, 0.15) is 0 Å². The van der Waals surface area contributed by atoms with E-state index in [4.69, 9.17) is 4.74 Å². The van der Waals surface area contributed by atoms with Gasteiger partial charge < -0.3 is 10.1 Å². The van der Waals surface area contributed by atoms with E-state index in [9.17, 15) is 0 Å². The number of ether oxygens (including phenoxy) is 1. The molecule has 1 heterocycles. The molecule has 1 aromatic carbocycles. The molecule has 0 radical (unpaired) electrons. The van der Waals surface area contributed by atoms with Crippen LogP contribution in [0.1, 0.15) is 26.2 Å². The minimum Gasteiger partial charge on any atom is -0.380 e. The lowest BCUT2D eigenvalue weighted by Gasteiger charge is -2.30. The quantitative estimate of drug-likeness (QED) is 0.683. The Morgan fingerprint density at radius 1 is 1.28 bits per heavy atom. The van der Waals surface area contributed by atoms with Crippen LogP contribution in [0, 0.1) is 0 Å². The first-order chi connectivity index (χ1) is 8.60. The Bertz CT molecular complexity index is 402. The smallest absolute Gasteiger partial charge is 0.0631 e. The zero-order valence-corrected chi connectivity index (χ0v) is 14.9. The van der Waals surface area contributed by atoms with Gasteiger partial charge in [0.05, 0.1) is 11.8 Å².